The molecule has 0 spiro atoms. The Labute approximate surface area is 183 Å². The lowest BCUT2D eigenvalue weighted by Gasteiger charge is -2.27. The van der Waals surface area contributed by atoms with E-state index in [4.69, 9.17) is 9.47 Å². The summed E-state index contributed by atoms with van der Waals surface area (Å²) in [4.78, 5) is 13.8. The topological polar surface area (TPSA) is 60.6 Å². The Morgan fingerprint density at radius 3 is 3.00 bits per heavy atom. The Morgan fingerprint density at radius 2 is 2.13 bits per heavy atom. The Bertz CT molecular complexity index is 1000. The molecule has 2 aromatic rings. The van der Waals surface area contributed by atoms with Crippen molar-refractivity contribution in [3.05, 3.63) is 65.9 Å². The van der Waals surface area contributed by atoms with E-state index in [1.54, 1.807) is 12.5 Å². The molecular formula is C23H30N6O2. The molecule has 1 unspecified atom stereocenters. The van der Waals surface area contributed by atoms with Crippen LogP contribution in [0.4, 0.5) is 0 Å². The number of nitrogens with zero attached hydrogens (tertiary/aromatic N) is 6. The fourth-order valence-electron chi connectivity index (χ4n) is 4.68. The molecule has 0 aromatic carbocycles. The molecule has 0 N–H and O–H groups in total. The van der Waals surface area contributed by atoms with Crippen LogP contribution in [0.5, 0.6) is 0 Å². The van der Waals surface area contributed by atoms with Crippen LogP contribution in [0.2, 0.25) is 0 Å². The maximum absolute atomic E-state index is 5.50. The van der Waals surface area contributed by atoms with Crippen molar-refractivity contribution >= 4 is 0 Å². The van der Waals surface area contributed by atoms with Crippen molar-refractivity contribution in [2.75, 3.05) is 40.0 Å². The highest BCUT2D eigenvalue weighted by atomic mass is 16.7. The van der Waals surface area contributed by atoms with Gasteiger partial charge in [0.05, 0.1) is 17.9 Å². The van der Waals surface area contributed by atoms with Gasteiger partial charge in [-0.05, 0) is 45.0 Å². The van der Waals surface area contributed by atoms with E-state index in [9.17, 15) is 0 Å². The van der Waals surface area contributed by atoms with E-state index in [1.165, 1.54) is 24.1 Å². The van der Waals surface area contributed by atoms with Gasteiger partial charge in [0, 0.05) is 39.1 Å². The third-order valence-electron chi connectivity index (χ3n) is 6.37. The predicted molar refractivity (Wildman–Crippen MR) is 117 cm³/mol. The highest BCUT2D eigenvalue weighted by Gasteiger charge is 2.29. The van der Waals surface area contributed by atoms with Crippen LogP contribution in [0.25, 0.3) is 5.95 Å². The van der Waals surface area contributed by atoms with Crippen molar-refractivity contribution < 1.29 is 9.47 Å². The van der Waals surface area contributed by atoms with Crippen LogP contribution in [-0.2, 0) is 16.5 Å². The van der Waals surface area contributed by atoms with Crippen molar-refractivity contribution in [2.45, 2.75) is 25.3 Å². The average Bonchev–Trinajstić information content (AvgIpc) is 3.55. The van der Waals surface area contributed by atoms with Crippen molar-refractivity contribution in [3.8, 4) is 5.95 Å². The first-order chi connectivity index (χ1) is 15.2. The summed E-state index contributed by atoms with van der Waals surface area (Å²) >= 11 is 0. The molecule has 2 fully saturated rings. The van der Waals surface area contributed by atoms with E-state index in [0.717, 1.165) is 50.1 Å². The maximum Gasteiger partial charge on any atom is 0.231 e. The van der Waals surface area contributed by atoms with E-state index in [2.05, 4.69) is 50.6 Å². The number of likely N-dealkylation sites (tertiary alicyclic amines) is 1. The number of rotatable bonds is 7. The highest BCUT2D eigenvalue weighted by molar-refractivity contribution is 5.33. The minimum absolute atomic E-state index is 0.332. The average molecular weight is 423 g/mol. The first-order valence-corrected chi connectivity index (χ1v) is 11.0. The van der Waals surface area contributed by atoms with Crippen LogP contribution in [0.15, 0.2) is 60.2 Å². The second-order valence-corrected chi connectivity index (χ2v) is 8.48. The van der Waals surface area contributed by atoms with Crippen LogP contribution in [-0.4, -0.2) is 68.9 Å². The van der Waals surface area contributed by atoms with Crippen molar-refractivity contribution in [1.82, 2.24) is 28.9 Å². The number of hydrogen-bond donors (Lipinski definition) is 0. The molecule has 164 valence electrons. The Balaban J connectivity index is 1.19. The van der Waals surface area contributed by atoms with Gasteiger partial charge in [-0.25, -0.2) is 9.97 Å². The summed E-state index contributed by atoms with van der Waals surface area (Å²) < 4.78 is 15.2. The van der Waals surface area contributed by atoms with Gasteiger partial charge in [0.15, 0.2) is 11.5 Å². The van der Waals surface area contributed by atoms with Crippen molar-refractivity contribution in [1.29, 1.82) is 0 Å². The molecule has 2 saturated heterocycles. The molecular weight excluding hydrogens is 392 g/mol. The zero-order valence-corrected chi connectivity index (χ0v) is 18.3. The van der Waals surface area contributed by atoms with Crippen LogP contribution in [0.3, 0.4) is 0 Å². The van der Waals surface area contributed by atoms with E-state index in [1.807, 2.05) is 23.0 Å². The van der Waals surface area contributed by atoms with Crippen LogP contribution in [0, 0.1) is 0 Å². The first kappa shape index (κ1) is 20.1. The summed E-state index contributed by atoms with van der Waals surface area (Å²) in [5.74, 6) is 2.64. The summed E-state index contributed by atoms with van der Waals surface area (Å²) in [6.07, 6.45) is 17.2. The lowest BCUT2D eigenvalue weighted by molar-refractivity contribution is 0.0974. The molecule has 2 aromatic heterocycles. The van der Waals surface area contributed by atoms with Gasteiger partial charge in [-0.15, -0.1) is 0 Å². The zero-order valence-electron chi connectivity index (χ0n) is 18.3. The van der Waals surface area contributed by atoms with E-state index in [-0.39, 0.29) is 0 Å². The van der Waals surface area contributed by atoms with Gasteiger partial charge in [0.1, 0.15) is 6.33 Å². The maximum atomic E-state index is 5.50. The summed E-state index contributed by atoms with van der Waals surface area (Å²) in [7, 11) is 4.30. The van der Waals surface area contributed by atoms with Crippen molar-refractivity contribution in [3.63, 3.8) is 0 Å². The second kappa shape index (κ2) is 8.72. The molecule has 1 aliphatic carbocycles. The minimum atomic E-state index is 0.332. The van der Waals surface area contributed by atoms with Gasteiger partial charge in [-0.3, -0.25) is 9.47 Å². The first-order valence-electron chi connectivity index (χ1n) is 11.0. The Hall–Kier alpha value is -2.84. The fraction of sp³-hybridized carbons (Fsp3) is 0.478. The molecule has 3 aliphatic rings. The number of ether oxygens (including phenoxy) is 2. The summed E-state index contributed by atoms with van der Waals surface area (Å²) in [6.45, 7) is 4.50. The number of imidazole rings is 2. The Morgan fingerprint density at radius 1 is 1.23 bits per heavy atom. The smallest absolute Gasteiger partial charge is 0.231 e. The van der Waals surface area contributed by atoms with Gasteiger partial charge in [-0.1, -0.05) is 11.6 Å². The second-order valence-electron chi connectivity index (χ2n) is 8.48. The normalized spacial score (nSPS) is 21.3. The molecule has 2 aliphatic heterocycles. The van der Waals surface area contributed by atoms with E-state index in [0.29, 0.717) is 12.8 Å². The third kappa shape index (κ3) is 4.18. The van der Waals surface area contributed by atoms with Gasteiger partial charge in [0.2, 0.25) is 12.7 Å². The van der Waals surface area contributed by atoms with Gasteiger partial charge < -0.3 is 18.9 Å². The SMILES string of the molecule is CN(CCN1CCCC1c1cnc(-n2ccnc2)n1C)CC1=CC=C2OCOC2=CC1. The molecule has 4 heterocycles. The highest BCUT2D eigenvalue weighted by Crippen LogP contribution is 2.32. The minimum Gasteiger partial charge on any atom is -0.454 e. The van der Waals surface area contributed by atoms with Gasteiger partial charge in [0.25, 0.3) is 0 Å². The summed E-state index contributed by atoms with van der Waals surface area (Å²) in [6, 6.07) is 0.420. The zero-order chi connectivity index (χ0) is 21.2. The number of aromatic nitrogens is 4. The van der Waals surface area contributed by atoms with Crippen molar-refractivity contribution in [2.24, 2.45) is 7.05 Å². The number of hydrogen-bond acceptors (Lipinski definition) is 6. The standard InChI is InChI=1S/C23H30N6O2/c1-26(15-18-5-7-21-22(8-6-18)31-17-30-21)12-13-28-10-3-4-19(28)20-14-25-23(27(20)2)29-11-9-24-16-29/h5,7-9,11,14,16,19H,3-4,6,10,12-13,15,17H2,1-2H3. The van der Waals surface area contributed by atoms with Gasteiger partial charge in [-0.2, -0.15) is 0 Å². The quantitative estimate of drug-likeness (QED) is 0.684. The van der Waals surface area contributed by atoms with Crippen LogP contribution in [0.1, 0.15) is 31.0 Å². The molecule has 8 nitrogen and oxygen atoms in total. The largest absolute Gasteiger partial charge is 0.454 e. The predicted octanol–water partition coefficient (Wildman–Crippen LogP) is 2.78. The third-order valence-corrected chi connectivity index (χ3v) is 6.37. The fourth-order valence-corrected chi connectivity index (χ4v) is 4.68. The monoisotopic (exact) mass is 422 g/mol. The molecule has 0 radical (unpaired) electrons. The lowest BCUT2D eigenvalue weighted by Crippen LogP contribution is -2.34. The summed E-state index contributed by atoms with van der Waals surface area (Å²) in [5.41, 5.74) is 2.65. The van der Waals surface area contributed by atoms with Gasteiger partial charge >= 0.3 is 0 Å². The number of allylic oxidation sites excluding steroid dienone is 3. The Kier molecular flexibility index (Phi) is 5.65. The molecule has 1 atom stereocenters. The molecule has 0 amide bonds. The molecule has 5 rings (SSSR count). The summed E-state index contributed by atoms with van der Waals surface area (Å²) in [5, 5.41) is 0. The molecule has 8 heteroatoms. The number of fused-ring (bicyclic) bond motifs is 1. The van der Waals surface area contributed by atoms with E-state index >= 15 is 0 Å². The molecule has 0 bridgehead atoms. The van der Waals surface area contributed by atoms with E-state index < -0.39 is 0 Å². The number of likely N-dealkylation sites (N-methyl/N-ethyl adjacent to an activating group) is 1. The van der Waals surface area contributed by atoms with Crippen LogP contribution < -0.4 is 0 Å². The molecule has 0 saturated carbocycles. The lowest BCUT2D eigenvalue weighted by atomic mass is 10.1. The van der Waals surface area contributed by atoms with Crippen LogP contribution >= 0.6 is 0 Å². The molecule has 31 heavy (non-hydrogen) atoms.